The van der Waals surface area contributed by atoms with Crippen LogP contribution in [0.3, 0.4) is 0 Å². The van der Waals surface area contributed by atoms with Gasteiger partial charge in [0, 0.05) is 16.1 Å². The Morgan fingerprint density at radius 2 is 1.36 bits per heavy atom. The molecule has 1 nitrogen and oxygen atoms in total. The van der Waals surface area contributed by atoms with Crippen LogP contribution in [0.25, 0.3) is 5.57 Å². The quantitative estimate of drug-likeness (QED) is 0.639. The van der Waals surface area contributed by atoms with E-state index in [-0.39, 0.29) is 5.78 Å². The summed E-state index contributed by atoms with van der Waals surface area (Å²) in [5.74, 6) is 0.0415. The fourth-order valence-electron chi connectivity index (χ4n) is 3.17. The molecule has 120 valence electrons. The van der Waals surface area contributed by atoms with E-state index in [4.69, 9.17) is 0 Å². The molecule has 0 saturated heterocycles. The molecule has 0 amide bonds. The number of hydrogen-bond donors (Lipinski definition) is 0. The minimum atomic E-state index is 0.0415. The van der Waals surface area contributed by atoms with Crippen LogP contribution < -0.4 is 0 Å². The van der Waals surface area contributed by atoms with Crippen LogP contribution in [0.4, 0.5) is 0 Å². The number of ketones is 1. The van der Waals surface area contributed by atoms with Crippen molar-refractivity contribution in [2.75, 3.05) is 0 Å². The van der Waals surface area contributed by atoms with Gasteiger partial charge in [-0.15, -0.1) is 0 Å². The lowest BCUT2D eigenvalue weighted by Gasteiger charge is -2.12. The Balaban J connectivity index is 1.96. The van der Waals surface area contributed by atoms with Gasteiger partial charge in [0.15, 0.2) is 5.78 Å². The molecule has 4 rings (SSSR count). The molecule has 0 unspecified atom stereocenters. The van der Waals surface area contributed by atoms with Crippen LogP contribution >= 0.6 is 15.9 Å². The van der Waals surface area contributed by atoms with Crippen molar-refractivity contribution in [1.82, 2.24) is 0 Å². The van der Waals surface area contributed by atoms with E-state index in [0.717, 1.165) is 37.9 Å². The van der Waals surface area contributed by atoms with E-state index in [1.165, 1.54) is 0 Å². The maximum Gasteiger partial charge on any atom is 0.187 e. The number of hydrogen-bond acceptors (Lipinski definition) is 1. The van der Waals surface area contributed by atoms with Gasteiger partial charge in [0.25, 0.3) is 0 Å². The number of carbonyl (C=O) groups is 1. The number of rotatable bonds is 2. The van der Waals surface area contributed by atoms with Crippen LogP contribution in [0.1, 0.15) is 11.1 Å². The first-order chi connectivity index (χ1) is 12.2. The zero-order chi connectivity index (χ0) is 17.2. The van der Waals surface area contributed by atoms with Crippen molar-refractivity contribution in [2.24, 2.45) is 0 Å². The van der Waals surface area contributed by atoms with Crippen LogP contribution in [0, 0.1) is 0 Å². The average molecular weight is 387 g/mol. The summed E-state index contributed by atoms with van der Waals surface area (Å²) < 4.78 is 0.843. The first-order valence-electron chi connectivity index (χ1n) is 8.11. The van der Waals surface area contributed by atoms with Gasteiger partial charge in [-0.3, -0.25) is 4.79 Å². The second-order valence-electron chi connectivity index (χ2n) is 5.92. The molecule has 0 bridgehead atoms. The summed E-state index contributed by atoms with van der Waals surface area (Å²) in [6.07, 6.45) is 9.70. The molecule has 0 aliphatic heterocycles. The lowest BCUT2D eigenvalue weighted by Crippen LogP contribution is -1.96. The van der Waals surface area contributed by atoms with Gasteiger partial charge in [0.2, 0.25) is 0 Å². The lowest BCUT2D eigenvalue weighted by molar-refractivity contribution is -0.110. The first kappa shape index (κ1) is 15.8. The molecule has 2 aromatic carbocycles. The fraction of sp³-hybridized carbons (Fsp3) is 0. The number of fused-ring (bicyclic) bond motifs is 1. The van der Waals surface area contributed by atoms with Crippen molar-refractivity contribution in [1.29, 1.82) is 0 Å². The first-order valence-corrected chi connectivity index (χ1v) is 8.91. The second-order valence-corrected chi connectivity index (χ2v) is 6.77. The predicted octanol–water partition coefficient (Wildman–Crippen LogP) is 5.77. The second kappa shape index (κ2) is 6.66. The highest BCUT2D eigenvalue weighted by Crippen LogP contribution is 2.37. The third-order valence-corrected chi connectivity index (χ3v) is 4.98. The molecule has 0 saturated carbocycles. The molecule has 0 spiro atoms. The summed E-state index contributed by atoms with van der Waals surface area (Å²) in [6, 6.07) is 20.6. The molecule has 2 aliphatic rings. The van der Waals surface area contributed by atoms with E-state index < -0.39 is 0 Å². The van der Waals surface area contributed by atoms with E-state index in [1.54, 1.807) is 6.08 Å². The van der Waals surface area contributed by atoms with Crippen LogP contribution in [-0.2, 0) is 4.79 Å². The largest absolute Gasteiger partial charge is 0.289 e. The summed E-state index contributed by atoms with van der Waals surface area (Å²) in [7, 11) is 0. The van der Waals surface area contributed by atoms with Gasteiger partial charge in [0.05, 0.1) is 0 Å². The SMILES string of the molecule is O=C1C=C(Br)C2=CC=CC(=C(c3ccccc3)c3ccccc3)C=C12. The fourth-order valence-corrected chi connectivity index (χ4v) is 3.72. The standard InChI is InChI=1S/C23H15BrO/c24-21-15-22(25)20-14-18(12-7-13-19(20)21)23(16-8-3-1-4-9-16)17-10-5-2-6-11-17/h1-15H. The Labute approximate surface area is 155 Å². The monoisotopic (exact) mass is 386 g/mol. The maximum atomic E-state index is 12.3. The summed E-state index contributed by atoms with van der Waals surface area (Å²) in [5, 5.41) is 0. The van der Waals surface area contributed by atoms with Gasteiger partial charge in [-0.25, -0.2) is 0 Å². The molecule has 0 N–H and O–H groups in total. The topological polar surface area (TPSA) is 17.1 Å². The molecule has 0 aromatic heterocycles. The Morgan fingerprint density at radius 1 is 0.760 bits per heavy atom. The van der Waals surface area contributed by atoms with E-state index in [2.05, 4.69) is 46.3 Å². The van der Waals surface area contributed by atoms with Crippen LogP contribution in [0.5, 0.6) is 0 Å². The highest BCUT2D eigenvalue weighted by Gasteiger charge is 2.24. The Bertz CT molecular complexity index is 945. The minimum Gasteiger partial charge on any atom is -0.289 e. The smallest absolute Gasteiger partial charge is 0.187 e. The van der Waals surface area contributed by atoms with Crippen molar-refractivity contribution in [2.45, 2.75) is 0 Å². The van der Waals surface area contributed by atoms with Gasteiger partial charge in [-0.2, -0.15) is 0 Å². The van der Waals surface area contributed by atoms with Crippen molar-refractivity contribution in [3.63, 3.8) is 0 Å². The molecule has 0 atom stereocenters. The Morgan fingerprint density at radius 3 is 1.96 bits per heavy atom. The number of benzene rings is 2. The molecule has 0 heterocycles. The van der Waals surface area contributed by atoms with E-state index in [1.807, 2.05) is 54.6 Å². The van der Waals surface area contributed by atoms with E-state index >= 15 is 0 Å². The molecule has 0 radical (unpaired) electrons. The van der Waals surface area contributed by atoms with Gasteiger partial charge >= 0.3 is 0 Å². The van der Waals surface area contributed by atoms with Crippen molar-refractivity contribution >= 4 is 27.3 Å². The number of allylic oxidation sites excluding steroid dienone is 9. The highest BCUT2D eigenvalue weighted by molar-refractivity contribution is 9.12. The van der Waals surface area contributed by atoms with Crippen LogP contribution in [-0.4, -0.2) is 5.78 Å². The third kappa shape index (κ3) is 3.01. The summed E-state index contributed by atoms with van der Waals surface area (Å²) in [6.45, 7) is 0. The predicted molar refractivity (Wildman–Crippen MR) is 106 cm³/mol. The Kier molecular flexibility index (Phi) is 4.21. The zero-order valence-electron chi connectivity index (χ0n) is 13.4. The maximum absolute atomic E-state index is 12.3. The van der Waals surface area contributed by atoms with Crippen LogP contribution in [0.2, 0.25) is 0 Å². The third-order valence-electron chi connectivity index (χ3n) is 4.32. The molecule has 2 aliphatic carbocycles. The average Bonchev–Trinajstić information content (AvgIpc) is 2.80. The summed E-state index contributed by atoms with van der Waals surface area (Å²) in [4.78, 5) is 12.3. The van der Waals surface area contributed by atoms with E-state index in [9.17, 15) is 4.79 Å². The van der Waals surface area contributed by atoms with Crippen molar-refractivity contribution in [3.8, 4) is 0 Å². The van der Waals surface area contributed by atoms with Gasteiger partial charge in [0.1, 0.15) is 0 Å². The highest BCUT2D eigenvalue weighted by atomic mass is 79.9. The van der Waals surface area contributed by atoms with Gasteiger partial charge in [-0.1, -0.05) is 94.8 Å². The van der Waals surface area contributed by atoms with Crippen molar-refractivity contribution in [3.05, 3.63) is 123 Å². The molecule has 2 aromatic rings. The molecule has 25 heavy (non-hydrogen) atoms. The minimum absolute atomic E-state index is 0.0415. The lowest BCUT2D eigenvalue weighted by atomic mass is 9.91. The van der Waals surface area contributed by atoms with Crippen molar-refractivity contribution < 1.29 is 4.79 Å². The Hall–Kier alpha value is -2.71. The van der Waals surface area contributed by atoms with Crippen LogP contribution in [0.15, 0.2) is 112 Å². The molecular formula is C23H15BrO. The normalized spacial score (nSPS) is 16.0. The molecule has 0 fully saturated rings. The molecule has 2 heteroatoms. The zero-order valence-corrected chi connectivity index (χ0v) is 15.0. The summed E-state index contributed by atoms with van der Waals surface area (Å²) >= 11 is 3.48. The van der Waals surface area contributed by atoms with Gasteiger partial charge < -0.3 is 0 Å². The summed E-state index contributed by atoms with van der Waals surface area (Å²) in [5.41, 5.74) is 6.09. The van der Waals surface area contributed by atoms with Gasteiger partial charge in [-0.05, 0) is 33.9 Å². The molecular weight excluding hydrogens is 372 g/mol. The number of carbonyl (C=O) groups excluding carboxylic acids is 1. The number of halogens is 1. The van der Waals surface area contributed by atoms with E-state index in [0.29, 0.717) is 0 Å².